The van der Waals surface area contributed by atoms with E-state index in [1.165, 1.54) is 12.8 Å². The third-order valence-corrected chi connectivity index (χ3v) is 5.84. The van der Waals surface area contributed by atoms with Crippen LogP contribution in [-0.4, -0.2) is 67.2 Å². The Morgan fingerprint density at radius 2 is 1.62 bits per heavy atom. The molecule has 4 rings (SSSR count). The molecule has 1 amide bonds. The van der Waals surface area contributed by atoms with Crippen LogP contribution in [0.25, 0.3) is 0 Å². The van der Waals surface area contributed by atoms with Gasteiger partial charge in [0.2, 0.25) is 5.91 Å². The van der Waals surface area contributed by atoms with Gasteiger partial charge in [-0.3, -0.25) is 4.79 Å². The number of piperazine rings is 1. The number of carbonyl (C=O) groups is 1. The second-order valence-corrected chi connectivity index (χ2v) is 7.78. The second-order valence-electron chi connectivity index (χ2n) is 7.78. The molecule has 7 heteroatoms. The standard InChI is InChI=1S/C22H29N5O2/c1-17-13-18(5-6-19(17)29-2)14-22(28)27-11-9-26(10-12-27)21-15-20(23-16-24-21)25-7-3-4-8-25/h5-6,13,15-16H,3-4,7-12,14H2,1-2H3. The average molecular weight is 396 g/mol. The van der Waals surface area contributed by atoms with Gasteiger partial charge in [-0.1, -0.05) is 12.1 Å². The van der Waals surface area contributed by atoms with Crippen LogP contribution >= 0.6 is 0 Å². The van der Waals surface area contributed by atoms with Crippen molar-refractivity contribution in [3.05, 3.63) is 41.7 Å². The number of benzene rings is 1. The Bertz CT molecular complexity index is 858. The van der Waals surface area contributed by atoms with Crippen molar-refractivity contribution in [3.8, 4) is 5.75 Å². The number of hydrogen-bond donors (Lipinski definition) is 0. The van der Waals surface area contributed by atoms with Crippen molar-refractivity contribution in [3.63, 3.8) is 0 Å². The summed E-state index contributed by atoms with van der Waals surface area (Å²) in [4.78, 5) is 28.2. The lowest BCUT2D eigenvalue weighted by Crippen LogP contribution is -2.49. The number of methoxy groups -OCH3 is 1. The predicted molar refractivity (Wildman–Crippen MR) is 114 cm³/mol. The van der Waals surface area contributed by atoms with Crippen LogP contribution in [0.1, 0.15) is 24.0 Å². The Balaban J connectivity index is 1.34. The maximum Gasteiger partial charge on any atom is 0.227 e. The Hall–Kier alpha value is -2.83. The van der Waals surface area contributed by atoms with Crippen LogP contribution < -0.4 is 14.5 Å². The first-order valence-electron chi connectivity index (χ1n) is 10.4. The molecule has 2 saturated heterocycles. The molecule has 3 heterocycles. The summed E-state index contributed by atoms with van der Waals surface area (Å²) in [5.74, 6) is 3.00. The highest BCUT2D eigenvalue weighted by Gasteiger charge is 2.23. The van der Waals surface area contributed by atoms with Gasteiger partial charge >= 0.3 is 0 Å². The predicted octanol–water partition coefficient (Wildman–Crippen LogP) is 2.29. The van der Waals surface area contributed by atoms with Gasteiger partial charge in [-0.05, 0) is 37.0 Å². The lowest BCUT2D eigenvalue weighted by molar-refractivity contribution is -0.130. The first-order valence-corrected chi connectivity index (χ1v) is 10.4. The minimum Gasteiger partial charge on any atom is -0.496 e. The summed E-state index contributed by atoms with van der Waals surface area (Å²) in [5, 5.41) is 0. The SMILES string of the molecule is COc1ccc(CC(=O)N2CCN(c3cc(N4CCCC4)ncn3)CC2)cc1C. The quantitative estimate of drug-likeness (QED) is 0.774. The number of aryl methyl sites for hydroxylation is 1. The zero-order chi connectivity index (χ0) is 20.2. The van der Waals surface area contributed by atoms with Crippen molar-refractivity contribution in [1.82, 2.24) is 14.9 Å². The summed E-state index contributed by atoms with van der Waals surface area (Å²) in [6.45, 7) is 7.18. The molecule has 0 spiro atoms. The molecule has 2 aliphatic rings. The largest absolute Gasteiger partial charge is 0.496 e. The van der Waals surface area contributed by atoms with E-state index in [9.17, 15) is 4.79 Å². The van der Waals surface area contributed by atoms with Crippen LogP contribution in [0.4, 0.5) is 11.6 Å². The summed E-state index contributed by atoms with van der Waals surface area (Å²) in [7, 11) is 1.67. The van der Waals surface area contributed by atoms with Gasteiger partial charge < -0.3 is 19.4 Å². The van der Waals surface area contributed by atoms with E-state index in [0.29, 0.717) is 6.42 Å². The van der Waals surface area contributed by atoms with Gasteiger partial charge in [-0.25, -0.2) is 9.97 Å². The van der Waals surface area contributed by atoms with E-state index in [0.717, 1.165) is 67.8 Å². The molecule has 2 aromatic rings. The van der Waals surface area contributed by atoms with E-state index in [1.54, 1.807) is 13.4 Å². The van der Waals surface area contributed by atoms with Crippen molar-refractivity contribution in [1.29, 1.82) is 0 Å². The molecule has 2 aliphatic heterocycles. The van der Waals surface area contributed by atoms with Gasteiger partial charge in [-0.2, -0.15) is 0 Å². The minimum absolute atomic E-state index is 0.176. The second kappa shape index (κ2) is 8.68. The van der Waals surface area contributed by atoms with Crippen molar-refractivity contribution < 1.29 is 9.53 Å². The summed E-state index contributed by atoms with van der Waals surface area (Å²) in [6.07, 6.45) is 4.55. The highest BCUT2D eigenvalue weighted by atomic mass is 16.5. The first kappa shape index (κ1) is 19.5. The van der Waals surface area contributed by atoms with E-state index in [-0.39, 0.29) is 5.91 Å². The number of ether oxygens (including phenoxy) is 1. The molecule has 1 aromatic heterocycles. The van der Waals surface area contributed by atoms with Gasteiger partial charge in [-0.15, -0.1) is 0 Å². The van der Waals surface area contributed by atoms with Crippen LogP contribution in [0.5, 0.6) is 5.75 Å². The van der Waals surface area contributed by atoms with Crippen molar-refractivity contribution >= 4 is 17.5 Å². The lowest BCUT2D eigenvalue weighted by atomic mass is 10.1. The number of nitrogens with zero attached hydrogens (tertiary/aromatic N) is 5. The number of aromatic nitrogens is 2. The number of carbonyl (C=O) groups excluding carboxylic acids is 1. The molecule has 0 unspecified atom stereocenters. The van der Waals surface area contributed by atoms with E-state index in [4.69, 9.17) is 4.74 Å². The number of amides is 1. The van der Waals surface area contributed by atoms with E-state index < -0.39 is 0 Å². The Kier molecular flexibility index (Phi) is 5.83. The summed E-state index contributed by atoms with van der Waals surface area (Å²) in [5.41, 5.74) is 2.09. The molecular weight excluding hydrogens is 366 g/mol. The summed E-state index contributed by atoms with van der Waals surface area (Å²) >= 11 is 0. The maximum atomic E-state index is 12.7. The molecule has 0 saturated carbocycles. The van der Waals surface area contributed by atoms with E-state index >= 15 is 0 Å². The van der Waals surface area contributed by atoms with Gasteiger partial charge in [0.05, 0.1) is 13.5 Å². The Morgan fingerprint density at radius 1 is 0.966 bits per heavy atom. The third kappa shape index (κ3) is 4.44. The van der Waals surface area contributed by atoms with Crippen LogP contribution in [0.3, 0.4) is 0 Å². The highest BCUT2D eigenvalue weighted by molar-refractivity contribution is 5.79. The molecule has 7 nitrogen and oxygen atoms in total. The summed E-state index contributed by atoms with van der Waals surface area (Å²) < 4.78 is 5.30. The molecule has 29 heavy (non-hydrogen) atoms. The van der Waals surface area contributed by atoms with Gasteiger partial charge in [0.1, 0.15) is 23.7 Å². The van der Waals surface area contributed by atoms with Gasteiger partial charge in [0.25, 0.3) is 0 Å². The topological polar surface area (TPSA) is 61.8 Å². The van der Waals surface area contributed by atoms with Crippen molar-refractivity contribution in [2.45, 2.75) is 26.2 Å². The van der Waals surface area contributed by atoms with Crippen LogP contribution in [0.2, 0.25) is 0 Å². The molecule has 0 N–H and O–H groups in total. The number of hydrogen-bond acceptors (Lipinski definition) is 6. The molecule has 154 valence electrons. The number of anilines is 2. The lowest BCUT2D eigenvalue weighted by Gasteiger charge is -2.35. The molecule has 2 fully saturated rings. The molecule has 0 radical (unpaired) electrons. The molecule has 0 aliphatic carbocycles. The van der Waals surface area contributed by atoms with E-state index in [1.807, 2.05) is 30.0 Å². The van der Waals surface area contributed by atoms with Crippen LogP contribution in [-0.2, 0) is 11.2 Å². The van der Waals surface area contributed by atoms with E-state index in [2.05, 4.69) is 25.8 Å². The molecular formula is C22H29N5O2. The fourth-order valence-corrected chi connectivity index (χ4v) is 4.15. The average Bonchev–Trinajstić information content (AvgIpc) is 3.29. The molecule has 0 atom stereocenters. The number of rotatable bonds is 5. The minimum atomic E-state index is 0.176. The van der Waals surface area contributed by atoms with Crippen molar-refractivity contribution in [2.75, 3.05) is 56.2 Å². The van der Waals surface area contributed by atoms with Gasteiger partial charge in [0.15, 0.2) is 0 Å². The van der Waals surface area contributed by atoms with Crippen LogP contribution in [0.15, 0.2) is 30.6 Å². The zero-order valence-electron chi connectivity index (χ0n) is 17.3. The smallest absolute Gasteiger partial charge is 0.227 e. The van der Waals surface area contributed by atoms with Crippen LogP contribution in [0, 0.1) is 6.92 Å². The Labute approximate surface area is 172 Å². The molecule has 1 aromatic carbocycles. The maximum absolute atomic E-state index is 12.7. The summed E-state index contributed by atoms with van der Waals surface area (Å²) in [6, 6.07) is 8.03. The fourth-order valence-electron chi connectivity index (χ4n) is 4.15. The molecule has 0 bridgehead atoms. The zero-order valence-corrected chi connectivity index (χ0v) is 17.3. The Morgan fingerprint density at radius 3 is 2.24 bits per heavy atom. The van der Waals surface area contributed by atoms with Crippen molar-refractivity contribution in [2.24, 2.45) is 0 Å². The normalized spacial score (nSPS) is 17.0. The first-order chi connectivity index (χ1) is 14.1. The van der Waals surface area contributed by atoms with Gasteiger partial charge in [0, 0.05) is 45.3 Å². The highest BCUT2D eigenvalue weighted by Crippen LogP contribution is 2.23. The third-order valence-electron chi connectivity index (χ3n) is 5.84. The monoisotopic (exact) mass is 395 g/mol. The fraction of sp³-hybridized carbons (Fsp3) is 0.500.